The highest BCUT2D eigenvalue weighted by molar-refractivity contribution is 8.16. The molecule has 4 rings (SSSR count). The van der Waals surface area contributed by atoms with Crippen LogP contribution in [0.1, 0.15) is 57.6 Å². The number of rotatable bonds is 6. The molecule has 7 nitrogen and oxygen atoms in total. The molecule has 3 aliphatic heterocycles. The standard InChI is InChI=1S/C25H31N3O4S/c1-5-19-22(24(30)32-4)23(18-11-6-7-12-20(18)31-3)28-17(15-33-25(28)26-19)14-21(29)27-13-9-8-10-16(27)2/h6-7,11-12,15-16,23H,5,8-10,13-14H2,1-4H3/t16-,23+/m0/s1. The van der Waals surface area contributed by atoms with E-state index in [9.17, 15) is 9.59 Å². The van der Waals surface area contributed by atoms with Crippen molar-refractivity contribution in [3.05, 3.63) is 52.2 Å². The van der Waals surface area contributed by atoms with Gasteiger partial charge in [-0.05, 0) is 44.1 Å². The fraction of sp³-hybridized carbons (Fsp3) is 0.480. The number of methoxy groups -OCH3 is 2. The molecule has 0 radical (unpaired) electrons. The van der Waals surface area contributed by atoms with Crippen molar-refractivity contribution in [1.29, 1.82) is 0 Å². The number of amides is 1. The average molecular weight is 470 g/mol. The molecule has 2 atom stereocenters. The van der Waals surface area contributed by atoms with Gasteiger partial charge in [-0.2, -0.15) is 0 Å². The molecular formula is C25H31N3O4S. The van der Waals surface area contributed by atoms with Gasteiger partial charge in [0.15, 0.2) is 5.17 Å². The van der Waals surface area contributed by atoms with E-state index in [0.717, 1.165) is 42.2 Å². The van der Waals surface area contributed by atoms with Crippen LogP contribution in [-0.2, 0) is 14.3 Å². The Bertz CT molecular complexity index is 1030. The molecule has 1 saturated heterocycles. The van der Waals surface area contributed by atoms with Gasteiger partial charge in [-0.15, -0.1) is 0 Å². The molecule has 0 aromatic heterocycles. The number of likely N-dealkylation sites (tertiary alicyclic amines) is 1. The summed E-state index contributed by atoms with van der Waals surface area (Å²) in [6.45, 7) is 4.89. The van der Waals surface area contributed by atoms with Gasteiger partial charge in [0.1, 0.15) is 5.75 Å². The van der Waals surface area contributed by atoms with Gasteiger partial charge in [-0.3, -0.25) is 4.79 Å². The molecule has 8 heteroatoms. The molecule has 0 unspecified atom stereocenters. The van der Waals surface area contributed by atoms with Gasteiger partial charge < -0.3 is 19.3 Å². The number of para-hydroxylation sites is 1. The van der Waals surface area contributed by atoms with Gasteiger partial charge in [0.2, 0.25) is 5.91 Å². The smallest absolute Gasteiger partial charge is 0.338 e. The molecule has 3 heterocycles. The minimum Gasteiger partial charge on any atom is -0.496 e. The number of hydrogen-bond donors (Lipinski definition) is 0. The van der Waals surface area contributed by atoms with E-state index in [2.05, 4.69) is 6.92 Å². The summed E-state index contributed by atoms with van der Waals surface area (Å²) in [4.78, 5) is 35.1. The summed E-state index contributed by atoms with van der Waals surface area (Å²) in [5.74, 6) is 0.365. The van der Waals surface area contributed by atoms with Gasteiger partial charge in [0.05, 0.1) is 38.0 Å². The summed E-state index contributed by atoms with van der Waals surface area (Å²) in [5.41, 5.74) is 2.86. The van der Waals surface area contributed by atoms with Gasteiger partial charge >= 0.3 is 5.97 Å². The fourth-order valence-electron chi connectivity index (χ4n) is 4.82. The van der Waals surface area contributed by atoms with Gasteiger partial charge in [-0.1, -0.05) is 36.9 Å². The van der Waals surface area contributed by atoms with Crippen molar-refractivity contribution in [3.63, 3.8) is 0 Å². The average Bonchev–Trinajstić information content (AvgIpc) is 3.24. The summed E-state index contributed by atoms with van der Waals surface area (Å²) in [6.07, 6.45) is 4.09. The predicted molar refractivity (Wildman–Crippen MR) is 130 cm³/mol. The number of carbonyl (C=O) groups excluding carboxylic acids is 2. The first kappa shape index (κ1) is 23.4. The first-order valence-electron chi connectivity index (χ1n) is 11.5. The van der Waals surface area contributed by atoms with Crippen LogP contribution in [0.4, 0.5) is 0 Å². The highest BCUT2D eigenvalue weighted by Gasteiger charge is 2.43. The van der Waals surface area contributed by atoms with Crippen molar-refractivity contribution < 1.29 is 19.1 Å². The monoisotopic (exact) mass is 469 g/mol. The van der Waals surface area contributed by atoms with Crippen LogP contribution in [0, 0.1) is 0 Å². The van der Waals surface area contributed by atoms with E-state index in [4.69, 9.17) is 14.5 Å². The minimum absolute atomic E-state index is 0.110. The van der Waals surface area contributed by atoms with E-state index in [1.54, 1.807) is 7.11 Å². The topological polar surface area (TPSA) is 71.4 Å². The van der Waals surface area contributed by atoms with E-state index >= 15 is 0 Å². The Labute approximate surface area is 199 Å². The number of piperidine rings is 1. The molecule has 0 bridgehead atoms. The number of amidine groups is 1. The Hall–Kier alpha value is -2.74. The van der Waals surface area contributed by atoms with E-state index in [1.165, 1.54) is 18.9 Å². The van der Waals surface area contributed by atoms with Crippen molar-refractivity contribution in [2.24, 2.45) is 4.99 Å². The van der Waals surface area contributed by atoms with Crippen molar-refractivity contribution in [2.75, 3.05) is 20.8 Å². The highest BCUT2D eigenvalue weighted by Crippen LogP contribution is 2.47. The molecule has 1 aromatic rings. The van der Waals surface area contributed by atoms with Crippen LogP contribution in [0.25, 0.3) is 0 Å². The minimum atomic E-state index is -0.483. The first-order valence-corrected chi connectivity index (χ1v) is 12.3. The second kappa shape index (κ2) is 10.0. The third-order valence-corrected chi connectivity index (χ3v) is 7.41. The van der Waals surface area contributed by atoms with Crippen LogP contribution < -0.4 is 4.74 Å². The Kier molecular flexibility index (Phi) is 7.12. The number of aliphatic imine (C=N–C) groups is 1. The zero-order valence-electron chi connectivity index (χ0n) is 19.7. The normalized spacial score (nSPS) is 22.5. The molecule has 1 fully saturated rings. The summed E-state index contributed by atoms with van der Waals surface area (Å²) in [6, 6.07) is 7.43. The van der Waals surface area contributed by atoms with Crippen molar-refractivity contribution in [3.8, 4) is 5.75 Å². The third kappa shape index (κ3) is 4.40. The lowest BCUT2D eigenvalue weighted by molar-refractivity contribution is -0.136. The van der Waals surface area contributed by atoms with Gasteiger partial charge in [-0.25, -0.2) is 9.79 Å². The first-order chi connectivity index (χ1) is 16.0. The van der Waals surface area contributed by atoms with Gasteiger partial charge in [0, 0.05) is 23.8 Å². The number of carbonyl (C=O) groups is 2. The van der Waals surface area contributed by atoms with Crippen LogP contribution in [0.2, 0.25) is 0 Å². The van der Waals surface area contributed by atoms with Crippen LogP contribution >= 0.6 is 11.8 Å². The number of esters is 1. The molecule has 0 N–H and O–H groups in total. The second-order valence-electron chi connectivity index (χ2n) is 8.45. The maximum absolute atomic E-state index is 13.3. The van der Waals surface area contributed by atoms with E-state index < -0.39 is 12.0 Å². The molecular weight excluding hydrogens is 438 g/mol. The number of benzene rings is 1. The lowest BCUT2D eigenvalue weighted by atomic mass is 9.92. The number of thioether (sulfide) groups is 1. The van der Waals surface area contributed by atoms with Crippen molar-refractivity contribution in [1.82, 2.24) is 9.80 Å². The SMILES string of the molecule is CCC1=C(C(=O)OC)[C@@H](c2ccccc2OC)N2C(CC(=O)N3CCCC[C@@H]3C)=CSC2=N1. The number of hydrogen-bond acceptors (Lipinski definition) is 7. The molecule has 0 saturated carbocycles. The summed E-state index contributed by atoms with van der Waals surface area (Å²) in [5, 5.41) is 2.76. The van der Waals surface area contributed by atoms with Crippen LogP contribution in [0.15, 0.2) is 51.6 Å². The molecule has 1 amide bonds. The molecule has 176 valence electrons. The van der Waals surface area contributed by atoms with Crippen LogP contribution in [0.3, 0.4) is 0 Å². The Balaban J connectivity index is 1.75. The number of nitrogens with zero attached hydrogens (tertiary/aromatic N) is 3. The van der Waals surface area contributed by atoms with Crippen molar-refractivity contribution in [2.45, 2.75) is 58.0 Å². The molecule has 33 heavy (non-hydrogen) atoms. The third-order valence-electron chi connectivity index (χ3n) is 6.52. The largest absolute Gasteiger partial charge is 0.496 e. The maximum atomic E-state index is 13.3. The predicted octanol–water partition coefficient (Wildman–Crippen LogP) is 4.62. The summed E-state index contributed by atoms with van der Waals surface area (Å²) in [7, 11) is 3.01. The number of ether oxygens (including phenoxy) is 2. The molecule has 3 aliphatic rings. The molecule has 0 aliphatic carbocycles. The maximum Gasteiger partial charge on any atom is 0.338 e. The van der Waals surface area contributed by atoms with E-state index in [0.29, 0.717) is 23.4 Å². The zero-order valence-corrected chi connectivity index (χ0v) is 20.5. The Morgan fingerprint density at radius 1 is 1.21 bits per heavy atom. The van der Waals surface area contributed by atoms with Crippen molar-refractivity contribution >= 4 is 28.8 Å². The number of fused-ring (bicyclic) bond motifs is 1. The lowest BCUT2D eigenvalue weighted by Crippen LogP contribution is -2.43. The van der Waals surface area contributed by atoms with Gasteiger partial charge in [0.25, 0.3) is 0 Å². The van der Waals surface area contributed by atoms with Crippen LogP contribution in [0.5, 0.6) is 5.75 Å². The summed E-state index contributed by atoms with van der Waals surface area (Å²) >= 11 is 1.49. The Morgan fingerprint density at radius 2 is 2.00 bits per heavy atom. The lowest BCUT2D eigenvalue weighted by Gasteiger charge is -2.38. The second-order valence-corrected chi connectivity index (χ2v) is 9.29. The molecule has 0 spiro atoms. The Morgan fingerprint density at radius 3 is 2.70 bits per heavy atom. The van der Waals surface area contributed by atoms with E-state index in [1.807, 2.05) is 46.4 Å². The molecule has 1 aromatic carbocycles. The number of allylic oxidation sites excluding steroid dienone is 1. The quantitative estimate of drug-likeness (QED) is 0.566. The fourth-order valence-corrected chi connectivity index (χ4v) is 5.76. The highest BCUT2D eigenvalue weighted by atomic mass is 32.2. The zero-order chi connectivity index (χ0) is 23.5. The van der Waals surface area contributed by atoms with E-state index in [-0.39, 0.29) is 18.4 Å². The summed E-state index contributed by atoms with van der Waals surface area (Å²) < 4.78 is 10.8. The van der Waals surface area contributed by atoms with Crippen LogP contribution in [-0.4, -0.2) is 53.7 Å².